The minimum absolute atomic E-state index is 0.108. The van der Waals surface area contributed by atoms with E-state index < -0.39 is 12.1 Å². The highest BCUT2D eigenvalue weighted by Gasteiger charge is 2.44. The third-order valence-electron chi connectivity index (χ3n) is 3.36. The molecule has 0 unspecified atom stereocenters. The predicted octanol–water partition coefficient (Wildman–Crippen LogP) is 3.03. The fourth-order valence-electron chi connectivity index (χ4n) is 2.30. The van der Waals surface area contributed by atoms with Crippen LogP contribution in [0.1, 0.15) is 24.6 Å². The second-order valence-corrected chi connectivity index (χ2v) is 4.51. The van der Waals surface area contributed by atoms with E-state index in [1.807, 2.05) is 18.0 Å². The molecule has 1 aliphatic heterocycles. The lowest BCUT2D eigenvalue weighted by atomic mass is 9.89. The standard InChI is InChI=1S/C12H15F3N2/c1-17-7-5-9(12(13,14)15)8-11(17)10-4-2-3-6-16-10/h2-4,6,9,11H,5,7-8H2,1H3/t9-,11+/m1/s1. The van der Waals surface area contributed by atoms with Crippen molar-refractivity contribution in [3.8, 4) is 0 Å². The summed E-state index contributed by atoms with van der Waals surface area (Å²) < 4.78 is 38.2. The Labute approximate surface area is 98.5 Å². The highest BCUT2D eigenvalue weighted by molar-refractivity contribution is 5.10. The first-order chi connectivity index (χ1) is 7.98. The lowest BCUT2D eigenvalue weighted by Crippen LogP contribution is -2.39. The summed E-state index contributed by atoms with van der Waals surface area (Å²) in [5.74, 6) is -1.20. The summed E-state index contributed by atoms with van der Waals surface area (Å²) in [5, 5.41) is 0. The summed E-state index contributed by atoms with van der Waals surface area (Å²) in [4.78, 5) is 6.11. The minimum Gasteiger partial charge on any atom is -0.298 e. The van der Waals surface area contributed by atoms with Crippen molar-refractivity contribution in [1.29, 1.82) is 0 Å². The van der Waals surface area contributed by atoms with Gasteiger partial charge in [-0.2, -0.15) is 13.2 Å². The van der Waals surface area contributed by atoms with Crippen LogP contribution < -0.4 is 0 Å². The van der Waals surface area contributed by atoms with Crippen molar-refractivity contribution >= 4 is 0 Å². The molecule has 2 nitrogen and oxygen atoms in total. The number of halogens is 3. The number of alkyl halides is 3. The van der Waals surface area contributed by atoms with E-state index in [1.165, 1.54) is 0 Å². The topological polar surface area (TPSA) is 16.1 Å². The van der Waals surface area contributed by atoms with Gasteiger partial charge in [-0.25, -0.2) is 0 Å². The summed E-state index contributed by atoms with van der Waals surface area (Å²) >= 11 is 0. The normalized spacial score (nSPS) is 27.1. The van der Waals surface area contributed by atoms with Crippen LogP contribution in [0.15, 0.2) is 24.4 Å². The second-order valence-electron chi connectivity index (χ2n) is 4.51. The van der Waals surface area contributed by atoms with Gasteiger partial charge in [-0.15, -0.1) is 0 Å². The zero-order valence-corrected chi connectivity index (χ0v) is 9.61. The lowest BCUT2D eigenvalue weighted by Gasteiger charge is -2.37. The Bertz CT molecular complexity index is 364. The maximum atomic E-state index is 12.7. The van der Waals surface area contributed by atoms with E-state index in [1.54, 1.807) is 18.3 Å². The van der Waals surface area contributed by atoms with Gasteiger partial charge >= 0.3 is 6.18 Å². The van der Waals surface area contributed by atoms with Gasteiger partial charge in [-0.3, -0.25) is 9.88 Å². The molecule has 0 radical (unpaired) electrons. The molecule has 1 aromatic rings. The third-order valence-corrected chi connectivity index (χ3v) is 3.36. The fourth-order valence-corrected chi connectivity index (χ4v) is 2.30. The van der Waals surface area contributed by atoms with Gasteiger partial charge in [-0.05, 0) is 38.6 Å². The van der Waals surface area contributed by atoms with E-state index in [0.717, 1.165) is 5.69 Å². The van der Waals surface area contributed by atoms with Crippen molar-refractivity contribution in [1.82, 2.24) is 9.88 Å². The molecular formula is C12H15F3N2. The van der Waals surface area contributed by atoms with Crippen LogP contribution in [0.5, 0.6) is 0 Å². The Kier molecular flexibility index (Phi) is 3.38. The molecule has 1 aliphatic rings. The molecule has 1 saturated heterocycles. The summed E-state index contributed by atoms with van der Waals surface area (Å²) in [6.07, 6.45) is -2.17. The van der Waals surface area contributed by atoms with Crippen LogP contribution in [-0.4, -0.2) is 29.7 Å². The molecule has 94 valence electrons. The summed E-state index contributed by atoms with van der Waals surface area (Å²) in [5.41, 5.74) is 0.726. The molecule has 0 aromatic carbocycles. The van der Waals surface area contributed by atoms with Crippen LogP contribution in [0.2, 0.25) is 0 Å². The van der Waals surface area contributed by atoms with Crippen molar-refractivity contribution in [2.45, 2.75) is 25.1 Å². The molecule has 0 amide bonds. The number of likely N-dealkylation sites (tertiary alicyclic amines) is 1. The van der Waals surface area contributed by atoms with Gasteiger partial charge in [0.2, 0.25) is 0 Å². The van der Waals surface area contributed by atoms with Crippen molar-refractivity contribution in [3.05, 3.63) is 30.1 Å². The Morgan fingerprint density at radius 3 is 2.71 bits per heavy atom. The van der Waals surface area contributed by atoms with Crippen LogP contribution in [0.3, 0.4) is 0 Å². The quantitative estimate of drug-likeness (QED) is 0.755. The highest BCUT2D eigenvalue weighted by atomic mass is 19.4. The average molecular weight is 244 g/mol. The predicted molar refractivity (Wildman–Crippen MR) is 58.4 cm³/mol. The lowest BCUT2D eigenvalue weighted by molar-refractivity contribution is -0.189. The van der Waals surface area contributed by atoms with Gasteiger partial charge in [0.05, 0.1) is 17.7 Å². The Morgan fingerprint density at radius 1 is 1.35 bits per heavy atom. The van der Waals surface area contributed by atoms with E-state index in [2.05, 4.69) is 4.98 Å². The molecule has 2 atom stereocenters. The maximum absolute atomic E-state index is 12.7. The van der Waals surface area contributed by atoms with Crippen molar-refractivity contribution in [2.24, 2.45) is 5.92 Å². The van der Waals surface area contributed by atoms with Crippen LogP contribution in [0.25, 0.3) is 0 Å². The van der Waals surface area contributed by atoms with E-state index in [0.29, 0.717) is 6.54 Å². The monoisotopic (exact) mass is 244 g/mol. The first-order valence-electron chi connectivity index (χ1n) is 5.66. The van der Waals surface area contributed by atoms with E-state index in [9.17, 15) is 13.2 Å². The van der Waals surface area contributed by atoms with Crippen LogP contribution in [0, 0.1) is 5.92 Å². The summed E-state index contributed by atoms with van der Waals surface area (Å²) in [6, 6.07) is 5.15. The Balaban J connectivity index is 2.16. The minimum atomic E-state index is -4.09. The SMILES string of the molecule is CN1CC[C@@H](C(F)(F)F)C[C@H]1c1ccccn1. The van der Waals surface area contributed by atoms with Crippen molar-refractivity contribution in [3.63, 3.8) is 0 Å². The number of piperidine rings is 1. The second kappa shape index (κ2) is 4.64. The van der Waals surface area contributed by atoms with Crippen LogP contribution >= 0.6 is 0 Å². The molecule has 17 heavy (non-hydrogen) atoms. The molecule has 0 saturated carbocycles. The summed E-state index contributed by atoms with van der Waals surface area (Å²) in [6.45, 7) is 0.464. The fraction of sp³-hybridized carbons (Fsp3) is 0.583. The van der Waals surface area contributed by atoms with Gasteiger partial charge in [0.25, 0.3) is 0 Å². The number of hydrogen-bond donors (Lipinski definition) is 0. The van der Waals surface area contributed by atoms with E-state index >= 15 is 0 Å². The van der Waals surface area contributed by atoms with E-state index in [-0.39, 0.29) is 18.9 Å². The first kappa shape index (κ1) is 12.4. The van der Waals surface area contributed by atoms with Crippen molar-refractivity contribution < 1.29 is 13.2 Å². The summed E-state index contributed by atoms with van der Waals surface area (Å²) in [7, 11) is 1.85. The van der Waals surface area contributed by atoms with Gasteiger partial charge in [0.15, 0.2) is 0 Å². The number of hydrogen-bond acceptors (Lipinski definition) is 2. The van der Waals surface area contributed by atoms with Gasteiger partial charge < -0.3 is 0 Å². The molecule has 0 spiro atoms. The molecule has 0 N–H and O–H groups in total. The number of aromatic nitrogens is 1. The average Bonchev–Trinajstić information content (AvgIpc) is 2.29. The van der Waals surface area contributed by atoms with Gasteiger partial charge in [0, 0.05) is 6.20 Å². The molecule has 2 rings (SSSR count). The number of rotatable bonds is 1. The smallest absolute Gasteiger partial charge is 0.298 e. The zero-order valence-electron chi connectivity index (χ0n) is 9.61. The Morgan fingerprint density at radius 2 is 2.12 bits per heavy atom. The van der Waals surface area contributed by atoms with Crippen LogP contribution in [0.4, 0.5) is 13.2 Å². The molecule has 5 heteroatoms. The number of nitrogens with zero attached hydrogens (tertiary/aromatic N) is 2. The maximum Gasteiger partial charge on any atom is 0.391 e. The first-order valence-corrected chi connectivity index (χ1v) is 5.66. The Hall–Kier alpha value is -1.10. The molecule has 0 aliphatic carbocycles. The molecule has 1 fully saturated rings. The van der Waals surface area contributed by atoms with E-state index in [4.69, 9.17) is 0 Å². The zero-order chi connectivity index (χ0) is 12.5. The molecule has 2 heterocycles. The molecule has 1 aromatic heterocycles. The third kappa shape index (κ3) is 2.77. The van der Waals surface area contributed by atoms with Gasteiger partial charge in [0.1, 0.15) is 0 Å². The molecule has 0 bridgehead atoms. The van der Waals surface area contributed by atoms with Gasteiger partial charge in [-0.1, -0.05) is 6.07 Å². The van der Waals surface area contributed by atoms with Crippen molar-refractivity contribution in [2.75, 3.05) is 13.6 Å². The number of pyridine rings is 1. The highest BCUT2D eigenvalue weighted by Crippen LogP contribution is 2.40. The molecular weight excluding hydrogens is 229 g/mol. The largest absolute Gasteiger partial charge is 0.391 e. The van der Waals surface area contributed by atoms with Crippen LogP contribution in [-0.2, 0) is 0 Å².